The molecule has 0 aromatic rings. The Labute approximate surface area is 279 Å². The van der Waals surface area contributed by atoms with E-state index < -0.39 is 24.5 Å². The van der Waals surface area contributed by atoms with E-state index in [-0.39, 0.29) is 0 Å². The quantitative estimate of drug-likeness (QED) is 0.0426. The summed E-state index contributed by atoms with van der Waals surface area (Å²) in [5.41, 5.74) is 0. The molecule has 264 valence electrons. The second-order valence-electron chi connectivity index (χ2n) is 13.2. The van der Waals surface area contributed by atoms with E-state index >= 15 is 0 Å². The lowest BCUT2D eigenvalue weighted by atomic mass is 10.0. The van der Waals surface area contributed by atoms with E-state index in [1.54, 1.807) is 0 Å². The zero-order valence-electron chi connectivity index (χ0n) is 29.9. The summed E-state index contributed by atoms with van der Waals surface area (Å²) in [7, 11) is 0. The molecule has 0 heterocycles. The molecule has 0 amide bonds. The van der Waals surface area contributed by atoms with E-state index in [1.165, 1.54) is 179 Å². The number of allylic oxidation sites excluding steroid dienone is 2. The minimum atomic E-state index is -1.51. The van der Waals surface area contributed by atoms with Crippen LogP contribution in [0.5, 0.6) is 0 Å². The van der Waals surface area contributed by atoms with Gasteiger partial charge in [0.2, 0.25) is 0 Å². The van der Waals surface area contributed by atoms with Gasteiger partial charge in [0.05, 0.1) is 18.9 Å². The second-order valence-corrected chi connectivity index (χ2v) is 13.2. The average molecular weight is 635 g/mol. The van der Waals surface area contributed by atoms with Crippen LogP contribution in [-0.2, 0) is 19.1 Å². The third-order valence-corrected chi connectivity index (χ3v) is 8.66. The highest BCUT2D eigenvalue weighted by atomic mass is 16.5. The van der Waals surface area contributed by atoms with E-state index in [2.05, 4.69) is 13.8 Å². The van der Waals surface area contributed by atoms with Crippen molar-refractivity contribution < 1.29 is 24.2 Å². The fourth-order valence-electron chi connectivity index (χ4n) is 5.66. The standard InChI is InChI=1S/C40H74O5/c1-3-5-7-9-11-13-15-17-19-21-23-25-27-29-31-33-35-44-39(42)37-38(41)40(43)45-36-34-32-30-28-26-24-22-20-18-16-14-12-10-8-6-4-2/h33-36,38,41H,3-32,37H2,1-2H3. The SMILES string of the molecule is CCCCCCCCCCCCCCCCC=COC(=O)CC(O)C(=O)OC=CCCCCCCCCCCCCCCCC. The minimum Gasteiger partial charge on any atom is -0.435 e. The van der Waals surface area contributed by atoms with Crippen LogP contribution < -0.4 is 0 Å². The number of aliphatic hydroxyl groups is 1. The normalized spacial score (nSPS) is 12.3. The van der Waals surface area contributed by atoms with Crippen molar-refractivity contribution in [1.82, 2.24) is 0 Å². The number of hydrogen-bond acceptors (Lipinski definition) is 5. The lowest BCUT2D eigenvalue weighted by molar-refractivity contribution is -0.153. The molecule has 5 heteroatoms. The summed E-state index contributed by atoms with van der Waals surface area (Å²) in [4.78, 5) is 23.8. The largest absolute Gasteiger partial charge is 0.435 e. The molecule has 0 spiro atoms. The average Bonchev–Trinajstić information content (AvgIpc) is 3.03. The number of carbonyl (C=O) groups excluding carboxylic acids is 2. The van der Waals surface area contributed by atoms with Gasteiger partial charge in [0.1, 0.15) is 0 Å². The number of aliphatic hydroxyl groups excluding tert-OH is 1. The maximum atomic E-state index is 11.9. The van der Waals surface area contributed by atoms with Gasteiger partial charge in [0.25, 0.3) is 0 Å². The Kier molecular flexibility index (Phi) is 35.5. The van der Waals surface area contributed by atoms with Gasteiger partial charge >= 0.3 is 11.9 Å². The first-order chi connectivity index (χ1) is 22.1. The van der Waals surface area contributed by atoms with E-state index in [9.17, 15) is 14.7 Å². The van der Waals surface area contributed by atoms with Gasteiger partial charge < -0.3 is 14.6 Å². The third-order valence-electron chi connectivity index (χ3n) is 8.66. The van der Waals surface area contributed by atoms with Gasteiger partial charge in [-0.2, -0.15) is 0 Å². The number of ether oxygens (including phenoxy) is 2. The molecule has 45 heavy (non-hydrogen) atoms. The van der Waals surface area contributed by atoms with Crippen LogP contribution in [0.25, 0.3) is 0 Å². The number of esters is 2. The monoisotopic (exact) mass is 635 g/mol. The van der Waals surface area contributed by atoms with Crippen LogP contribution in [0.3, 0.4) is 0 Å². The predicted octanol–water partition coefficient (Wildman–Crippen LogP) is 12.6. The van der Waals surface area contributed by atoms with Crippen molar-refractivity contribution in [2.75, 3.05) is 0 Å². The Hall–Kier alpha value is -1.62. The highest BCUT2D eigenvalue weighted by Gasteiger charge is 2.20. The summed E-state index contributed by atoms with van der Waals surface area (Å²) >= 11 is 0. The summed E-state index contributed by atoms with van der Waals surface area (Å²) in [6.45, 7) is 4.54. The molecule has 0 saturated carbocycles. The Morgan fingerprint density at radius 1 is 0.467 bits per heavy atom. The molecule has 1 atom stereocenters. The first kappa shape index (κ1) is 43.4. The first-order valence-electron chi connectivity index (χ1n) is 19.5. The highest BCUT2D eigenvalue weighted by Crippen LogP contribution is 2.15. The molecule has 1 N–H and O–H groups in total. The van der Waals surface area contributed by atoms with Crippen molar-refractivity contribution in [3.05, 3.63) is 24.7 Å². The fraction of sp³-hybridized carbons (Fsp3) is 0.850. The first-order valence-corrected chi connectivity index (χ1v) is 19.5. The third kappa shape index (κ3) is 35.1. The van der Waals surface area contributed by atoms with Crippen molar-refractivity contribution in [2.45, 2.75) is 219 Å². The molecular weight excluding hydrogens is 560 g/mol. The maximum Gasteiger partial charge on any atom is 0.340 e. The molecule has 0 rings (SSSR count). The lowest BCUT2D eigenvalue weighted by Crippen LogP contribution is -2.25. The number of carbonyl (C=O) groups is 2. The Balaban J connectivity index is 3.51. The van der Waals surface area contributed by atoms with E-state index in [4.69, 9.17) is 9.47 Å². The summed E-state index contributed by atoms with van der Waals surface area (Å²) in [6.07, 6.45) is 43.4. The van der Waals surface area contributed by atoms with Crippen molar-refractivity contribution in [3.8, 4) is 0 Å². The van der Waals surface area contributed by atoms with Gasteiger partial charge in [-0.15, -0.1) is 0 Å². The van der Waals surface area contributed by atoms with E-state index in [1.807, 2.05) is 12.2 Å². The fourth-order valence-corrected chi connectivity index (χ4v) is 5.66. The van der Waals surface area contributed by atoms with Crippen molar-refractivity contribution in [2.24, 2.45) is 0 Å². The molecule has 0 aliphatic carbocycles. The molecule has 0 fully saturated rings. The van der Waals surface area contributed by atoms with Crippen LogP contribution >= 0.6 is 0 Å². The predicted molar refractivity (Wildman–Crippen MR) is 191 cm³/mol. The van der Waals surface area contributed by atoms with Gasteiger partial charge in [-0.25, -0.2) is 4.79 Å². The van der Waals surface area contributed by atoms with Gasteiger partial charge in [-0.3, -0.25) is 4.79 Å². The van der Waals surface area contributed by atoms with Crippen molar-refractivity contribution >= 4 is 11.9 Å². The van der Waals surface area contributed by atoms with Crippen LogP contribution in [0.1, 0.15) is 213 Å². The van der Waals surface area contributed by atoms with Crippen LogP contribution in [0.15, 0.2) is 24.7 Å². The molecule has 5 nitrogen and oxygen atoms in total. The topological polar surface area (TPSA) is 72.8 Å². The van der Waals surface area contributed by atoms with Crippen molar-refractivity contribution in [1.29, 1.82) is 0 Å². The Morgan fingerprint density at radius 3 is 1.09 bits per heavy atom. The Morgan fingerprint density at radius 2 is 0.756 bits per heavy atom. The zero-order valence-corrected chi connectivity index (χ0v) is 29.9. The molecule has 0 radical (unpaired) electrons. The molecule has 0 aliphatic rings. The molecule has 0 aromatic carbocycles. The molecule has 0 aliphatic heterocycles. The summed E-state index contributed by atoms with van der Waals surface area (Å²) in [5.74, 6) is -1.46. The van der Waals surface area contributed by atoms with Crippen LogP contribution in [0.4, 0.5) is 0 Å². The molecular formula is C40H74O5. The van der Waals surface area contributed by atoms with Gasteiger partial charge in [-0.1, -0.05) is 181 Å². The van der Waals surface area contributed by atoms with Crippen molar-refractivity contribution in [3.63, 3.8) is 0 Å². The van der Waals surface area contributed by atoms with Crippen LogP contribution in [0, 0.1) is 0 Å². The number of unbranched alkanes of at least 4 members (excludes halogenated alkanes) is 28. The summed E-state index contributed by atoms with van der Waals surface area (Å²) in [5, 5.41) is 9.93. The van der Waals surface area contributed by atoms with Gasteiger partial charge in [0.15, 0.2) is 6.10 Å². The summed E-state index contributed by atoms with van der Waals surface area (Å²) < 4.78 is 9.98. The van der Waals surface area contributed by atoms with Crippen LogP contribution in [-0.4, -0.2) is 23.1 Å². The smallest absolute Gasteiger partial charge is 0.340 e. The molecule has 0 aromatic heterocycles. The highest BCUT2D eigenvalue weighted by molar-refractivity contribution is 5.82. The van der Waals surface area contributed by atoms with E-state index in [0.29, 0.717) is 0 Å². The van der Waals surface area contributed by atoms with E-state index in [0.717, 1.165) is 25.7 Å². The number of rotatable bonds is 35. The number of hydrogen-bond donors (Lipinski definition) is 1. The summed E-state index contributed by atoms with van der Waals surface area (Å²) in [6, 6.07) is 0. The van der Waals surface area contributed by atoms with Gasteiger partial charge in [-0.05, 0) is 37.8 Å². The molecule has 0 saturated heterocycles. The molecule has 1 unspecified atom stereocenters. The lowest BCUT2D eigenvalue weighted by Gasteiger charge is -2.06. The van der Waals surface area contributed by atoms with Gasteiger partial charge in [0, 0.05) is 0 Å². The second kappa shape index (κ2) is 36.8. The molecule has 0 bridgehead atoms. The van der Waals surface area contributed by atoms with Crippen LogP contribution in [0.2, 0.25) is 0 Å². The maximum absolute atomic E-state index is 11.9. The Bertz CT molecular complexity index is 686. The zero-order chi connectivity index (χ0) is 32.9. The minimum absolute atomic E-state index is 0.408.